The number of hydrogen-bond donors (Lipinski definition) is 0. The monoisotopic (exact) mass is 1830 g/mol. The average molecular weight is 1830 g/mol. The smallest absolute Gasteiger partial charge is 0.410 e. The molecule has 0 saturated carbocycles. The van der Waals surface area contributed by atoms with Crippen molar-refractivity contribution in [2.24, 2.45) is 5.92 Å². The van der Waals surface area contributed by atoms with Crippen LogP contribution in [0.4, 0.5) is 39.3 Å². The fourth-order valence-corrected chi connectivity index (χ4v) is 19.8. The quantitative estimate of drug-likeness (QED) is 0.0604. The van der Waals surface area contributed by atoms with Gasteiger partial charge in [0.1, 0.15) is 62.2 Å². The van der Waals surface area contributed by atoms with Gasteiger partial charge in [0.15, 0.2) is 0 Å². The van der Waals surface area contributed by atoms with Crippen LogP contribution < -0.4 is 43.6 Å². The number of benzene rings is 7. The van der Waals surface area contributed by atoms with E-state index in [0.717, 1.165) is 136 Å². The molecular formula is C106H132N20O9. The van der Waals surface area contributed by atoms with Gasteiger partial charge in [-0.15, -0.1) is 0 Å². The van der Waals surface area contributed by atoms with Crippen LogP contribution in [-0.4, -0.2) is 266 Å². The van der Waals surface area contributed by atoms with Crippen molar-refractivity contribution in [3.05, 3.63) is 210 Å². The Kier molecular flexibility index (Phi) is 30.2. The van der Waals surface area contributed by atoms with E-state index in [2.05, 4.69) is 259 Å². The van der Waals surface area contributed by atoms with Crippen molar-refractivity contribution in [2.75, 3.05) is 182 Å². The molecule has 6 saturated heterocycles. The molecule has 0 N–H and O–H groups in total. The summed E-state index contributed by atoms with van der Waals surface area (Å²) < 4.78 is 43.0. The Morgan fingerprint density at radius 3 is 1.19 bits per heavy atom. The maximum absolute atomic E-state index is 13.3. The molecule has 29 nitrogen and oxygen atoms in total. The molecule has 9 aliphatic rings. The molecule has 0 spiro atoms. The highest BCUT2D eigenvalue weighted by Crippen LogP contribution is 2.41. The van der Waals surface area contributed by atoms with Crippen molar-refractivity contribution < 1.29 is 44.2 Å². The van der Waals surface area contributed by atoms with E-state index in [1.807, 2.05) is 30.3 Å². The van der Waals surface area contributed by atoms with Gasteiger partial charge >= 0.3 is 24.1 Å². The van der Waals surface area contributed by atoms with E-state index in [1.54, 1.807) is 9.80 Å². The number of hydrogen-bond acceptors (Lipinski definition) is 27. The van der Waals surface area contributed by atoms with Crippen LogP contribution in [0.1, 0.15) is 122 Å². The molecule has 6 atom stereocenters. The van der Waals surface area contributed by atoms with E-state index in [1.165, 1.54) is 61.0 Å². The van der Waals surface area contributed by atoms with Crippen LogP contribution in [0, 0.1) is 39.9 Å². The number of amides is 2. The number of morpholine rings is 3. The summed E-state index contributed by atoms with van der Waals surface area (Å²) >= 11 is 0. The van der Waals surface area contributed by atoms with Crippen LogP contribution in [0.5, 0.6) is 18.0 Å². The molecule has 135 heavy (non-hydrogen) atoms. The van der Waals surface area contributed by atoms with Gasteiger partial charge in [0.05, 0.1) is 99.7 Å². The Labute approximate surface area is 796 Å². The third-order valence-corrected chi connectivity index (χ3v) is 28.4. The van der Waals surface area contributed by atoms with Crippen LogP contribution in [0.3, 0.4) is 0 Å². The molecule has 29 heteroatoms. The Morgan fingerprint density at radius 2 is 0.800 bits per heavy atom. The van der Waals surface area contributed by atoms with Gasteiger partial charge in [0.25, 0.3) is 0 Å². The minimum atomic E-state index is -0.408. The second kappa shape index (κ2) is 42.6. The summed E-state index contributed by atoms with van der Waals surface area (Å²) in [5.74, 6) is 2.86. The Hall–Kier alpha value is -12.5. The van der Waals surface area contributed by atoms with E-state index in [0.29, 0.717) is 129 Å². The average Bonchev–Trinajstić information content (AvgIpc) is 0.773. The highest BCUT2D eigenvalue weighted by molar-refractivity contribution is 5.96. The summed E-state index contributed by atoms with van der Waals surface area (Å²) in [4.78, 5) is 80.1. The highest BCUT2D eigenvalue weighted by Gasteiger charge is 2.41. The van der Waals surface area contributed by atoms with Crippen molar-refractivity contribution >= 4 is 78.8 Å². The molecule has 0 bridgehead atoms. The summed E-state index contributed by atoms with van der Waals surface area (Å²) in [7, 11) is 6.36. The molecule has 710 valence electrons. The first-order valence-corrected chi connectivity index (χ1v) is 47.5. The van der Waals surface area contributed by atoms with E-state index in [9.17, 15) is 25.4 Å². The van der Waals surface area contributed by atoms with Gasteiger partial charge in [0.2, 0.25) is 5.91 Å². The lowest BCUT2D eigenvalue weighted by Gasteiger charge is -2.43. The molecule has 2 amide bonds. The maximum atomic E-state index is 13.3. The zero-order chi connectivity index (χ0) is 93.2. The third-order valence-electron chi connectivity index (χ3n) is 28.4. The van der Waals surface area contributed by atoms with Crippen LogP contribution in [0.2, 0.25) is 0 Å². The molecule has 6 fully saturated rings. The number of piperidine rings is 1. The lowest BCUT2D eigenvalue weighted by molar-refractivity contribution is -0.128. The molecule has 3 aromatic heterocycles. The summed E-state index contributed by atoms with van der Waals surface area (Å²) in [5, 5.41) is 36.0. The minimum Gasteiger partial charge on any atom is -0.461 e. The number of nitriles is 3. The number of likely N-dealkylation sites (N-methyl/N-ethyl adjacent to an activating group) is 3. The Bertz CT molecular complexity index is 5980. The van der Waals surface area contributed by atoms with E-state index in [-0.39, 0.29) is 81.2 Å². The fourth-order valence-electron chi connectivity index (χ4n) is 19.8. The van der Waals surface area contributed by atoms with Gasteiger partial charge < -0.3 is 72.4 Å². The summed E-state index contributed by atoms with van der Waals surface area (Å²) in [5.41, 5.74) is 10.8. The molecule has 19 rings (SSSR count). The van der Waals surface area contributed by atoms with Crippen molar-refractivity contribution in [3.8, 4) is 36.2 Å². The third kappa shape index (κ3) is 22.0. The van der Waals surface area contributed by atoms with Crippen molar-refractivity contribution in [2.45, 2.75) is 174 Å². The number of nitrogens with zero attached hydrogens (tertiary/aromatic N) is 20. The summed E-state index contributed by atoms with van der Waals surface area (Å²) in [6, 6.07) is 61.9. The van der Waals surface area contributed by atoms with Crippen LogP contribution in [0.15, 0.2) is 170 Å². The van der Waals surface area contributed by atoms with E-state index < -0.39 is 6.09 Å². The van der Waals surface area contributed by atoms with Gasteiger partial charge in [-0.25, -0.2) is 4.79 Å². The number of piperazine rings is 2. The first-order valence-electron chi connectivity index (χ1n) is 47.5. The number of rotatable bonds is 21. The van der Waals surface area contributed by atoms with E-state index >= 15 is 0 Å². The molecule has 12 heterocycles. The number of aromatic nitrogens is 6. The van der Waals surface area contributed by atoms with Crippen LogP contribution in [-0.2, 0) is 69.2 Å². The topological polar surface area (TPSA) is 283 Å². The number of fused-ring (bicyclic) bond motifs is 6. The largest absolute Gasteiger partial charge is 0.461 e. The first kappa shape index (κ1) is 95.6. The lowest BCUT2D eigenvalue weighted by Crippen LogP contribution is -2.56. The first-order chi connectivity index (χ1) is 65.0. The van der Waals surface area contributed by atoms with Crippen molar-refractivity contribution in [1.82, 2.24) is 54.4 Å². The van der Waals surface area contributed by atoms with Crippen molar-refractivity contribution in [1.29, 1.82) is 15.8 Å². The van der Waals surface area contributed by atoms with Gasteiger partial charge in [-0.1, -0.05) is 154 Å². The molecule has 10 aromatic rings. The minimum absolute atomic E-state index is 0. The fraction of sp³-hybridized carbons (Fsp3) is 0.481. The summed E-state index contributed by atoms with van der Waals surface area (Å²) in [6.45, 7) is 31.6. The SMILES string of the molecule is C.C=CC(=O)N1CCN(c2nc(OC[C@H]3CN(C)C(C)(C)CO3)nc3c2CCN(c2cccc4ccccc24)C3)C[C@@H]1CC#N.CN1C[C@H](COc2nc3c(c(N4CCC[C@@H](CC#N)C4)n2)CCN(c2cccc4ccccc24)C3)OCC1(C)C.CN1C[C@H](COc2nc3c(c(N4CCN(C(=O)OCc5ccccc5)[C@@H](CC#N)C4)n2)CCN(c2cccc4ccccc24)C3)OCC1(C)C.[2HH]. The van der Waals surface area contributed by atoms with E-state index in [4.69, 9.17) is 63.1 Å². The van der Waals surface area contributed by atoms with Crippen LogP contribution >= 0.6 is 0 Å². The van der Waals surface area contributed by atoms with Gasteiger partial charge in [-0.05, 0) is 147 Å². The lowest BCUT2D eigenvalue weighted by atomic mass is 9.94. The maximum Gasteiger partial charge on any atom is 0.410 e. The normalized spacial score (nSPS) is 21.6. The van der Waals surface area contributed by atoms with Gasteiger partial charge in [0, 0.05) is 166 Å². The predicted molar refractivity (Wildman–Crippen MR) is 530 cm³/mol. The number of anilines is 6. The number of ether oxygens (including phenoxy) is 7. The molecule has 9 aliphatic heterocycles. The second-order valence-corrected chi connectivity index (χ2v) is 38.8. The predicted octanol–water partition coefficient (Wildman–Crippen LogP) is 14.9. The van der Waals surface area contributed by atoms with Crippen LogP contribution in [0.25, 0.3) is 32.3 Å². The Balaban J connectivity index is 0.000000155. The standard InChI is InChI=1S/C39H45N7O4.C34H41N7O3.C32H40N6O2.CH4.H2/c1-39(2)27-50-31(23-43(39)3)26-48-37-41-34-24-44(35-15-9-13-29-12-7-8-14-32(29)35)19-17-33(34)36(42-37)45-20-21-46(30(22-45)16-18-40)38(47)49-25-28-10-5-4-6-11-28;1-5-31(42)41-18-17-40(19-25(41)13-15-35)32-28-14-16-39(30-12-8-10-24-9-6-7-11-27(24)30)21-29(28)36-33(37-32)43-22-26-20-38(4)34(2,3)23-44-26;1-32(2)22-40-25(19-36(32)3)21-39-31-34-28-20-37(29-12-6-10-24-9-4-5-11-26(24)29)17-14-27(28)30(35-31)38-16-7-8-23(18-38)13-15-33;;/h4-15,30-31H,16-17,19-27H2,1-3H3;5-12,25-26H,1,13-14,16-23H2,2-4H3;4-6,9-12,23,25H,7-8,13-14,16-22H2,1-3H3;1H4;1H/t30-,31+;25-,26+;23-,25+;;/m000../s1/i;;;;1+1. The highest BCUT2D eigenvalue weighted by atomic mass is 16.6. The molecule has 0 unspecified atom stereocenters. The number of carbonyl (C=O) groups excluding carboxylic acids is 2. The van der Waals surface area contributed by atoms with Crippen molar-refractivity contribution in [3.63, 3.8) is 0 Å². The molecule has 0 radical (unpaired) electrons. The molecular weight excluding hydrogens is 1700 g/mol. The molecule has 0 aliphatic carbocycles. The molecule has 7 aromatic carbocycles. The van der Waals surface area contributed by atoms with Gasteiger partial charge in [-0.3, -0.25) is 19.5 Å². The van der Waals surface area contributed by atoms with Gasteiger partial charge in [-0.2, -0.15) is 45.7 Å². The zero-order valence-electron chi connectivity index (χ0n) is 79.0. The zero-order valence-corrected chi connectivity index (χ0v) is 79.0. The summed E-state index contributed by atoms with van der Waals surface area (Å²) in [6.07, 6.45) is 6.28. The second-order valence-electron chi connectivity index (χ2n) is 38.8. The number of carbonyl (C=O) groups is 2. The Morgan fingerprint density at radius 1 is 0.437 bits per heavy atom.